The number of benzene rings is 2. The van der Waals surface area contributed by atoms with Gasteiger partial charge < -0.3 is 15.0 Å². The highest BCUT2D eigenvalue weighted by atomic mass is 35.5. The number of aryl methyl sites for hydroxylation is 1. The summed E-state index contributed by atoms with van der Waals surface area (Å²) >= 11 is 6.50. The molecule has 0 unspecified atom stereocenters. The minimum Gasteiger partial charge on any atom is -0.497 e. The van der Waals surface area contributed by atoms with Crippen LogP contribution in [0.5, 0.6) is 5.75 Å². The van der Waals surface area contributed by atoms with Crippen LogP contribution >= 0.6 is 11.6 Å². The molecule has 0 aliphatic rings. The Morgan fingerprint density at radius 3 is 2.72 bits per heavy atom. The molecule has 4 aromatic rings. The Kier molecular flexibility index (Phi) is 6.52. The fourth-order valence-corrected chi connectivity index (χ4v) is 3.66. The van der Waals surface area contributed by atoms with Gasteiger partial charge in [0.25, 0.3) is 0 Å². The van der Waals surface area contributed by atoms with Crippen molar-refractivity contribution in [2.45, 2.75) is 20.0 Å². The second-order valence-corrected chi connectivity index (χ2v) is 7.87. The van der Waals surface area contributed by atoms with E-state index in [0.29, 0.717) is 11.7 Å². The smallest absolute Gasteiger partial charge is 0.322 e. The molecule has 0 aliphatic heterocycles. The van der Waals surface area contributed by atoms with E-state index < -0.39 is 0 Å². The van der Waals surface area contributed by atoms with E-state index in [0.717, 1.165) is 39.0 Å². The SMILES string of the molecule is COc1ccc2nc(Cl)c(CN(Cc3cccnc3)C(=O)Nc3cccc(C)c3)cc2c1. The van der Waals surface area contributed by atoms with Crippen molar-refractivity contribution in [3.63, 3.8) is 0 Å². The van der Waals surface area contributed by atoms with Gasteiger partial charge in [-0.05, 0) is 60.5 Å². The van der Waals surface area contributed by atoms with E-state index >= 15 is 0 Å². The van der Waals surface area contributed by atoms with Crippen LogP contribution < -0.4 is 10.1 Å². The zero-order valence-electron chi connectivity index (χ0n) is 17.9. The molecule has 0 fully saturated rings. The quantitative estimate of drug-likeness (QED) is 0.378. The molecule has 0 atom stereocenters. The number of anilines is 1. The maximum Gasteiger partial charge on any atom is 0.322 e. The third-order valence-electron chi connectivity index (χ3n) is 5.06. The molecule has 6 nitrogen and oxygen atoms in total. The van der Waals surface area contributed by atoms with Crippen LogP contribution in [0.4, 0.5) is 10.5 Å². The predicted octanol–water partition coefficient (Wildman–Crippen LogP) is 5.83. The second-order valence-electron chi connectivity index (χ2n) is 7.51. The summed E-state index contributed by atoms with van der Waals surface area (Å²) in [5.41, 5.74) is 4.23. The number of hydrogen-bond acceptors (Lipinski definition) is 4. The molecule has 4 rings (SSSR count). The van der Waals surface area contributed by atoms with Gasteiger partial charge >= 0.3 is 6.03 Å². The summed E-state index contributed by atoms with van der Waals surface area (Å²) in [5, 5.41) is 4.24. The first kappa shape index (κ1) is 21.6. The van der Waals surface area contributed by atoms with E-state index in [2.05, 4.69) is 15.3 Å². The van der Waals surface area contributed by atoms with Gasteiger partial charge in [-0.3, -0.25) is 4.98 Å². The highest BCUT2D eigenvalue weighted by Gasteiger charge is 2.18. The van der Waals surface area contributed by atoms with Crippen molar-refractivity contribution in [2.24, 2.45) is 0 Å². The Hall–Kier alpha value is -3.64. The summed E-state index contributed by atoms with van der Waals surface area (Å²) in [4.78, 5) is 23.6. The van der Waals surface area contributed by atoms with Crippen molar-refractivity contribution in [3.8, 4) is 5.75 Å². The molecule has 2 aromatic heterocycles. The standard InChI is InChI=1S/C25H23ClN4O2/c1-17-5-3-7-21(11-17)28-25(31)30(15-18-6-4-10-27-14-18)16-20-12-19-13-22(32-2)8-9-23(19)29-24(20)26/h3-14H,15-16H2,1-2H3,(H,28,31). The van der Waals surface area contributed by atoms with Crippen LogP contribution in [0, 0.1) is 6.92 Å². The first-order valence-electron chi connectivity index (χ1n) is 10.2. The molecule has 7 heteroatoms. The number of nitrogens with one attached hydrogen (secondary N) is 1. The summed E-state index contributed by atoms with van der Waals surface area (Å²) < 4.78 is 5.32. The number of carbonyl (C=O) groups is 1. The predicted molar refractivity (Wildman–Crippen MR) is 127 cm³/mol. The summed E-state index contributed by atoms with van der Waals surface area (Å²) in [6.45, 7) is 2.64. The monoisotopic (exact) mass is 446 g/mol. The fraction of sp³-hybridized carbons (Fsp3) is 0.160. The normalized spacial score (nSPS) is 10.7. The van der Waals surface area contributed by atoms with Crippen LogP contribution in [0.15, 0.2) is 73.1 Å². The number of aromatic nitrogens is 2. The van der Waals surface area contributed by atoms with Crippen molar-refractivity contribution >= 4 is 34.2 Å². The van der Waals surface area contributed by atoms with E-state index in [4.69, 9.17) is 16.3 Å². The third-order valence-corrected chi connectivity index (χ3v) is 5.39. The lowest BCUT2D eigenvalue weighted by atomic mass is 10.1. The zero-order chi connectivity index (χ0) is 22.5. The van der Waals surface area contributed by atoms with Crippen molar-refractivity contribution in [3.05, 3.63) is 94.9 Å². The Morgan fingerprint density at radius 1 is 1.09 bits per heavy atom. The molecule has 2 amide bonds. The van der Waals surface area contributed by atoms with E-state index in [-0.39, 0.29) is 12.6 Å². The zero-order valence-corrected chi connectivity index (χ0v) is 18.6. The van der Waals surface area contributed by atoms with Gasteiger partial charge in [0.15, 0.2) is 0 Å². The number of amides is 2. The molecule has 0 radical (unpaired) electrons. The van der Waals surface area contributed by atoms with Crippen LogP contribution in [0.1, 0.15) is 16.7 Å². The Labute approximate surface area is 191 Å². The number of pyridine rings is 2. The summed E-state index contributed by atoms with van der Waals surface area (Å²) in [6.07, 6.45) is 3.45. The van der Waals surface area contributed by atoms with Crippen LogP contribution in [0.2, 0.25) is 5.15 Å². The van der Waals surface area contributed by atoms with Crippen LogP contribution in [-0.4, -0.2) is 28.0 Å². The second kappa shape index (κ2) is 9.66. The lowest BCUT2D eigenvalue weighted by molar-refractivity contribution is 0.206. The molecule has 0 saturated carbocycles. The van der Waals surface area contributed by atoms with Gasteiger partial charge in [-0.25, -0.2) is 9.78 Å². The summed E-state index contributed by atoms with van der Waals surface area (Å²) in [7, 11) is 1.62. The average molecular weight is 447 g/mol. The van der Waals surface area contributed by atoms with Crippen LogP contribution in [-0.2, 0) is 13.1 Å². The number of ether oxygens (including phenoxy) is 1. The van der Waals surface area contributed by atoms with E-state index in [1.54, 1.807) is 24.4 Å². The minimum absolute atomic E-state index is 0.235. The van der Waals surface area contributed by atoms with E-state index in [9.17, 15) is 4.79 Å². The Balaban J connectivity index is 1.64. The fourth-order valence-electron chi connectivity index (χ4n) is 3.46. The maximum atomic E-state index is 13.2. The van der Waals surface area contributed by atoms with E-state index in [1.165, 1.54) is 0 Å². The Morgan fingerprint density at radius 2 is 1.97 bits per heavy atom. The van der Waals surface area contributed by atoms with Gasteiger partial charge in [-0.15, -0.1) is 0 Å². The summed E-state index contributed by atoms with van der Waals surface area (Å²) in [5.74, 6) is 0.733. The first-order chi connectivity index (χ1) is 15.5. The molecular formula is C25H23ClN4O2. The van der Waals surface area contributed by atoms with Gasteiger partial charge in [-0.1, -0.05) is 29.8 Å². The number of nitrogens with zero attached hydrogens (tertiary/aromatic N) is 3. The largest absolute Gasteiger partial charge is 0.497 e. The average Bonchev–Trinajstić information content (AvgIpc) is 2.79. The molecule has 0 spiro atoms. The van der Waals surface area contributed by atoms with Gasteiger partial charge in [0.2, 0.25) is 0 Å². The first-order valence-corrected chi connectivity index (χ1v) is 10.5. The number of urea groups is 1. The molecule has 162 valence electrons. The van der Waals surface area contributed by atoms with Gasteiger partial charge in [0.05, 0.1) is 19.2 Å². The number of halogens is 1. The number of carbonyl (C=O) groups excluding carboxylic acids is 1. The number of fused-ring (bicyclic) bond motifs is 1. The van der Waals surface area contributed by atoms with Gasteiger partial charge in [0, 0.05) is 35.6 Å². The number of rotatable bonds is 6. The molecule has 0 saturated heterocycles. The van der Waals surface area contributed by atoms with Gasteiger partial charge in [0.1, 0.15) is 10.9 Å². The Bertz CT molecular complexity index is 1250. The molecule has 32 heavy (non-hydrogen) atoms. The third kappa shape index (κ3) is 5.15. The van der Waals surface area contributed by atoms with Crippen molar-refractivity contribution in [1.29, 1.82) is 0 Å². The molecule has 1 N–H and O–H groups in total. The molecule has 0 aliphatic carbocycles. The minimum atomic E-state index is -0.235. The van der Waals surface area contributed by atoms with Crippen LogP contribution in [0.25, 0.3) is 10.9 Å². The van der Waals surface area contributed by atoms with Crippen molar-refractivity contribution in [2.75, 3.05) is 12.4 Å². The molecular weight excluding hydrogens is 424 g/mol. The number of methoxy groups -OCH3 is 1. The highest BCUT2D eigenvalue weighted by Crippen LogP contribution is 2.26. The molecule has 0 bridgehead atoms. The lowest BCUT2D eigenvalue weighted by Gasteiger charge is -2.24. The molecule has 2 aromatic carbocycles. The highest BCUT2D eigenvalue weighted by molar-refractivity contribution is 6.30. The van der Waals surface area contributed by atoms with Crippen LogP contribution in [0.3, 0.4) is 0 Å². The van der Waals surface area contributed by atoms with Gasteiger partial charge in [-0.2, -0.15) is 0 Å². The summed E-state index contributed by atoms with van der Waals surface area (Å²) in [6, 6.07) is 18.8. The van der Waals surface area contributed by atoms with Crippen molar-refractivity contribution < 1.29 is 9.53 Å². The van der Waals surface area contributed by atoms with E-state index in [1.807, 2.05) is 67.6 Å². The lowest BCUT2D eigenvalue weighted by Crippen LogP contribution is -2.34. The number of hydrogen-bond donors (Lipinski definition) is 1. The topological polar surface area (TPSA) is 67.3 Å². The molecule has 2 heterocycles. The maximum absolute atomic E-state index is 13.2. The van der Waals surface area contributed by atoms with Crippen molar-refractivity contribution in [1.82, 2.24) is 14.9 Å².